The Labute approximate surface area is 117 Å². The van der Waals surface area contributed by atoms with E-state index in [1.54, 1.807) is 0 Å². The summed E-state index contributed by atoms with van der Waals surface area (Å²) in [4.78, 5) is 11.4. The number of carbonyl (C=O) groups is 1. The molecule has 0 aromatic carbocycles. The van der Waals surface area contributed by atoms with Crippen LogP contribution in [-0.4, -0.2) is 35.0 Å². The second-order valence-electron chi connectivity index (χ2n) is 5.50. The van der Waals surface area contributed by atoms with Crippen LogP contribution >= 0.6 is 0 Å². The Kier molecular flexibility index (Phi) is 10.9. The quantitative estimate of drug-likeness (QED) is 0.424. The molecule has 0 saturated heterocycles. The molecule has 19 heavy (non-hydrogen) atoms. The van der Waals surface area contributed by atoms with E-state index >= 15 is 0 Å². The van der Waals surface area contributed by atoms with Gasteiger partial charge in [0, 0.05) is 12.8 Å². The van der Waals surface area contributed by atoms with E-state index in [0.717, 1.165) is 12.8 Å². The van der Waals surface area contributed by atoms with Gasteiger partial charge in [0.25, 0.3) is 0 Å². The van der Waals surface area contributed by atoms with Gasteiger partial charge in [-0.25, -0.2) is 0 Å². The first-order valence-electron chi connectivity index (χ1n) is 7.50. The van der Waals surface area contributed by atoms with Crippen molar-refractivity contribution in [1.82, 2.24) is 0 Å². The van der Waals surface area contributed by atoms with Crippen molar-refractivity contribution in [1.29, 1.82) is 0 Å². The molecule has 4 nitrogen and oxygen atoms in total. The smallest absolute Gasteiger partial charge is 0.305 e. The zero-order valence-corrected chi connectivity index (χ0v) is 12.5. The number of hydrogen-bond acceptors (Lipinski definition) is 4. The van der Waals surface area contributed by atoms with Gasteiger partial charge in [0.15, 0.2) is 0 Å². The first-order chi connectivity index (χ1) is 9.02. The van der Waals surface area contributed by atoms with Crippen molar-refractivity contribution in [3.63, 3.8) is 0 Å². The van der Waals surface area contributed by atoms with E-state index in [1.807, 2.05) is 0 Å². The molecule has 0 aromatic rings. The molecule has 0 aromatic heterocycles. The fourth-order valence-electron chi connectivity index (χ4n) is 1.76. The third kappa shape index (κ3) is 12.2. The van der Waals surface area contributed by atoms with Crippen LogP contribution in [-0.2, 0) is 9.53 Å². The van der Waals surface area contributed by atoms with Crippen molar-refractivity contribution >= 4 is 5.97 Å². The van der Waals surface area contributed by atoms with Gasteiger partial charge < -0.3 is 14.9 Å². The van der Waals surface area contributed by atoms with Crippen molar-refractivity contribution in [3.8, 4) is 0 Å². The maximum atomic E-state index is 11.4. The van der Waals surface area contributed by atoms with Gasteiger partial charge in [-0.1, -0.05) is 45.4 Å². The zero-order chi connectivity index (χ0) is 14.6. The summed E-state index contributed by atoms with van der Waals surface area (Å²) in [5, 5.41) is 18.3. The van der Waals surface area contributed by atoms with Crippen molar-refractivity contribution in [2.24, 2.45) is 0 Å². The lowest BCUT2D eigenvalue weighted by Gasteiger charge is -2.19. The monoisotopic (exact) mass is 274 g/mol. The highest BCUT2D eigenvalue weighted by atomic mass is 16.5. The fourth-order valence-corrected chi connectivity index (χ4v) is 1.76. The average molecular weight is 274 g/mol. The van der Waals surface area contributed by atoms with Crippen molar-refractivity contribution in [2.75, 3.05) is 13.2 Å². The summed E-state index contributed by atoms with van der Waals surface area (Å²) in [7, 11) is 0. The summed E-state index contributed by atoms with van der Waals surface area (Å²) < 4.78 is 5.01. The van der Waals surface area contributed by atoms with Crippen LogP contribution in [0.4, 0.5) is 0 Å². The molecule has 0 heterocycles. The van der Waals surface area contributed by atoms with Crippen LogP contribution in [0.2, 0.25) is 0 Å². The largest absolute Gasteiger partial charge is 0.466 e. The van der Waals surface area contributed by atoms with Crippen LogP contribution in [0.1, 0.15) is 71.6 Å². The van der Waals surface area contributed by atoms with E-state index in [9.17, 15) is 9.90 Å². The van der Waals surface area contributed by atoms with E-state index in [0.29, 0.717) is 6.42 Å². The van der Waals surface area contributed by atoms with Gasteiger partial charge >= 0.3 is 5.97 Å². The standard InChI is InChI=1S/C15H30O4/c1-3-4-5-6-7-8-9-10-14(17)19-12-11-15(2,18)13-16/h16,18H,3-13H2,1-2H3. The average Bonchev–Trinajstić information content (AvgIpc) is 2.37. The lowest BCUT2D eigenvalue weighted by atomic mass is 10.1. The second kappa shape index (κ2) is 11.2. The molecule has 4 heteroatoms. The summed E-state index contributed by atoms with van der Waals surface area (Å²) >= 11 is 0. The highest BCUT2D eigenvalue weighted by molar-refractivity contribution is 5.69. The van der Waals surface area contributed by atoms with E-state index < -0.39 is 5.60 Å². The molecule has 1 atom stereocenters. The number of rotatable bonds is 12. The van der Waals surface area contributed by atoms with Gasteiger partial charge in [-0.3, -0.25) is 4.79 Å². The molecule has 2 N–H and O–H groups in total. The zero-order valence-electron chi connectivity index (χ0n) is 12.5. The first-order valence-corrected chi connectivity index (χ1v) is 7.50. The van der Waals surface area contributed by atoms with E-state index in [4.69, 9.17) is 9.84 Å². The van der Waals surface area contributed by atoms with Crippen LogP contribution < -0.4 is 0 Å². The molecule has 0 fully saturated rings. The van der Waals surface area contributed by atoms with Gasteiger partial charge in [0.05, 0.1) is 18.8 Å². The van der Waals surface area contributed by atoms with Crippen LogP contribution in [0.15, 0.2) is 0 Å². The predicted molar refractivity (Wildman–Crippen MR) is 75.9 cm³/mol. The van der Waals surface area contributed by atoms with E-state index in [2.05, 4.69) is 6.92 Å². The van der Waals surface area contributed by atoms with E-state index in [-0.39, 0.29) is 25.6 Å². The summed E-state index contributed by atoms with van der Waals surface area (Å²) in [6.45, 7) is 3.58. The van der Waals surface area contributed by atoms with Crippen LogP contribution in [0.5, 0.6) is 0 Å². The van der Waals surface area contributed by atoms with Crippen molar-refractivity contribution in [3.05, 3.63) is 0 Å². The minimum absolute atomic E-state index is 0.170. The normalized spacial score (nSPS) is 14.1. The van der Waals surface area contributed by atoms with Gasteiger partial charge in [0.2, 0.25) is 0 Å². The Morgan fingerprint density at radius 2 is 1.68 bits per heavy atom. The molecule has 0 aliphatic heterocycles. The number of hydrogen-bond donors (Lipinski definition) is 2. The molecule has 0 spiro atoms. The van der Waals surface area contributed by atoms with Gasteiger partial charge in [0.1, 0.15) is 0 Å². The summed E-state index contributed by atoms with van der Waals surface area (Å²) in [5.74, 6) is -0.206. The molecule has 0 saturated carbocycles. The Hall–Kier alpha value is -0.610. The number of aliphatic hydroxyl groups is 2. The lowest BCUT2D eigenvalue weighted by Crippen LogP contribution is -2.30. The topological polar surface area (TPSA) is 66.8 Å². The SMILES string of the molecule is CCCCCCCCCC(=O)OCCC(C)(O)CO. The molecular formula is C15H30O4. The van der Waals surface area contributed by atoms with Crippen molar-refractivity contribution < 1.29 is 19.7 Å². The number of unbranched alkanes of at least 4 members (excludes halogenated alkanes) is 6. The predicted octanol–water partition coefficient (Wildman–Crippen LogP) is 2.80. The Balaban J connectivity index is 3.35. The molecule has 0 aliphatic carbocycles. The van der Waals surface area contributed by atoms with Crippen molar-refractivity contribution in [2.45, 2.75) is 77.2 Å². The Morgan fingerprint density at radius 3 is 2.26 bits per heavy atom. The summed E-state index contributed by atoms with van der Waals surface area (Å²) in [5.41, 5.74) is -1.15. The molecular weight excluding hydrogens is 244 g/mol. The number of carbonyl (C=O) groups excluding carboxylic acids is 1. The van der Waals surface area contributed by atoms with Crippen LogP contribution in [0.25, 0.3) is 0 Å². The first kappa shape index (κ1) is 18.4. The Morgan fingerprint density at radius 1 is 1.11 bits per heavy atom. The maximum Gasteiger partial charge on any atom is 0.305 e. The van der Waals surface area contributed by atoms with Crippen LogP contribution in [0, 0.1) is 0 Å². The molecule has 1 unspecified atom stereocenters. The molecule has 0 aliphatic rings. The fraction of sp³-hybridized carbons (Fsp3) is 0.933. The lowest BCUT2D eigenvalue weighted by molar-refractivity contribution is -0.145. The summed E-state index contributed by atoms with van der Waals surface area (Å²) in [6, 6.07) is 0. The van der Waals surface area contributed by atoms with Gasteiger partial charge in [-0.05, 0) is 13.3 Å². The molecule has 114 valence electrons. The maximum absolute atomic E-state index is 11.4. The Bertz CT molecular complexity index is 226. The highest BCUT2D eigenvalue weighted by Gasteiger charge is 2.19. The third-order valence-electron chi connectivity index (χ3n) is 3.23. The molecule has 0 radical (unpaired) electrons. The number of ether oxygens (including phenoxy) is 1. The summed E-state index contributed by atoms with van der Waals surface area (Å²) in [6.07, 6.45) is 8.96. The molecule has 0 amide bonds. The minimum Gasteiger partial charge on any atom is -0.466 e. The molecule has 0 rings (SSSR count). The second-order valence-corrected chi connectivity index (χ2v) is 5.50. The highest BCUT2D eigenvalue weighted by Crippen LogP contribution is 2.10. The van der Waals surface area contributed by atoms with Gasteiger partial charge in [-0.15, -0.1) is 0 Å². The number of esters is 1. The van der Waals surface area contributed by atoms with Crippen LogP contribution in [0.3, 0.4) is 0 Å². The minimum atomic E-state index is -1.15. The third-order valence-corrected chi connectivity index (χ3v) is 3.23. The number of aliphatic hydroxyl groups excluding tert-OH is 1. The molecule has 0 bridgehead atoms. The van der Waals surface area contributed by atoms with E-state index in [1.165, 1.54) is 39.0 Å². The van der Waals surface area contributed by atoms with Gasteiger partial charge in [-0.2, -0.15) is 0 Å².